The van der Waals surface area contributed by atoms with Gasteiger partial charge in [-0.3, -0.25) is 19.2 Å². The van der Waals surface area contributed by atoms with Crippen LogP contribution in [0.25, 0.3) is 0 Å². The van der Waals surface area contributed by atoms with Gasteiger partial charge in [-0.2, -0.15) is 0 Å². The normalized spacial score (nSPS) is 12.1. The van der Waals surface area contributed by atoms with Crippen LogP contribution in [0.2, 0.25) is 0 Å². The third-order valence-electron chi connectivity index (χ3n) is 4.60. The molecular weight excluding hydrogens is 460 g/mol. The number of rotatable bonds is 14. The van der Waals surface area contributed by atoms with Gasteiger partial charge in [0, 0.05) is 0 Å². The summed E-state index contributed by atoms with van der Waals surface area (Å²) in [7, 11) is 1.53. The number of ether oxygens (including phenoxy) is 3. The summed E-state index contributed by atoms with van der Waals surface area (Å²) in [4.78, 5) is 60.6. The number of carbonyl (C=O) groups excluding carboxylic acids is 5. The zero-order chi connectivity index (χ0) is 26.4. The standard InChI is InChI=1S/C23H34N4O8/c1-5-34-20(29)12-25-21(30)17(10-14(2)3)26-22(31)18(11-19(24)28)27-23(32)35-13-15-6-8-16(33-4)9-7-15/h6-9,14,17-18H,5,10-13H2,1-4H3,(H2,24,28)(H,25,30)(H,26,31)(H,27,32). The van der Waals surface area contributed by atoms with E-state index in [1.165, 1.54) is 7.11 Å². The molecule has 35 heavy (non-hydrogen) atoms. The van der Waals surface area contributed by atoms with Crippen LogP contribution in [0.1, 0.15) is 39.2 Å². The first-order valence-corrected chi connectivity index (χ1v) is 11.1. The Bertz CT molecular complexity index is 873. The Morgan fingerprint density at radius 2 is 1.60 bits per heavy atom. The van der Waals surface area contributed by atoms with Crippen molar-refractivity contribution in [1.29, 1.82) is 0 Å². The first-order valence-electron chi connectivity index (χ1n) is 11.1. The Hall–Kier alpha value is -3.83. The number of benzene rings is 1. The van der Waals surface area contributed by atoms with Crippen molar-refractivity contribution in [2.45, 2.75) is 52.3 Å². The van der Waals surface area contributed by atoms with Crippen LogP contribution in [-0.4, -0.2) is 62.1 Å². The van der Waals surface area contributed by atoms with E-state index in [0.717, 1.165) is 0 Å². The van der Waals surface area contributed by atoms with Crippen molar-refractivity contribution in [2.75, 3.05) is 20.3 Å². The fourth-order valence-corrected chi connectivity index (χ4v) is 2.93. The maximum atomic E-state index is 12.8. The summed E-state index contributed by atoms with van der Waals surface area (Å²) >= 11 is 0. The molecule has 5 N–H and O–H groups in total. The van der Waals surface area contributed by atoms with Gasteiger partial charge >= 0.3 is 12.1 Å². The molecule has 0 saturated heterocycles. The maximum absolute atomic E-state index is 12.8. The summed E-state index contributed by atoms with van der Waals surface area (Å²) in [6, 6.07) is 4.40. The second kappa shape index (κ2) is 15.1. The van der Waals surface area contributed by atoms with E-state index in [1.807, 2.05) is 13.8 Å². The topological polar surface area (TPSA) is 175 Å². The second-order valence-corrected chi connectivity index (χ2v) is 8.01. The Morgan fingerprint density at radius 1 is 0.943 bits per heavy atom. The van der Waals surface area contributed by atoms with E-state index in [2.05, 4.69) is 16.0 Å². The van der Waals surface area contributed by atoms with Crippen LogP contribution in [0.15, 0.2) is 24.3 Å². The second-order valence-electron chi connectivity index (χ2n) is 8.01. The largest absolute Gasteiger partial charge is 0.497 e. The highest BCUT2D eigenvalue weighted by Gasteiger charge is 2.29. The SMILES string of the molecule is CCOC(=O)CNC(=O)C(CC(C)C)NC(=O)C(CC(N)=O)NC(=O)OCc1ccc(OC)cc1. The van der Waals surface area contributed by atoms with Crippen molar-refractivity contribution in [2.24, 2.45) is 11.7 Å². The van der Waals surface area contributed by atoms with Gasteiger partial charge in [-0.15, -0.1) is 0 Å². The van der Waals surface area contributed by atoms with Crippen LogP contribution in [0.4, 0.5) is 4.79 Å². The Morgan fingerprint density at radius 3 is 2.14 bits per heavy atom. The van der Waals surface area contributed by atoms with Crippen molar-refractivity contribution < 1.29 is 38.2 Å². The predicted octanol–water partition coefficient (Wildman–Crippen LogP) is 0.376. The van der Waals surface area contributed by atoms with Crippen molar-refractivity contribution in [3.8, 4) is 5.75 Å². The average Bonchev–Trinajstić information content (AvgIpc) is 2.80. The van der Waals surface area contributed by atoms with Crippen molar-refractivity contribution in [3.05, 3.63) is 29.8 Å². The summed E-state index contributed by atoms with van der Waals surface area (Å²) in [5.74, 6) is -2.23. The number of amides is 4. The van der Waals surface area contributed by atoms with Gasteiger partial charge < -0.3 is 35.9 Å². The van der Waals surface area contributed by atoms with E-state index in [4.69, 9.17) is 19.9 Å². The number of nitrogens with one attached hydrogen (secondary N) is 3. The maximum Gasteiger partial charge on any atom is 0.408 e. The van der Waals surface area contributed by atoms with Crippen LogP contribution >= 0.6 is 0 Å². The summed E-state index contributed by atoms with van der Waals surface area (Å²) in [6.45, 7) is 5.02. The molecule has 1 aromatic carbocycles. The Kier molecular flexibility index (Phi) is 12.6. The smallest absolute Gasteiger partial charge is 0.408 e. The van der Waals surface area contributed by atoms with E-state index in [1.54, 1.807) is 31.2 Å². The summed E-state index contributed by atoms with van der Waals surface area (Å²) < 4.78 is 14.9. The number of hydrogen-bond donors (Lipinski definition) is 4. The van der Waals surface area contributed by atoms with E-state index in [0.29, 0.717) is 11.3 Å². The van der Waals surface area contributed by atoms with Gasteiger partial charge in [-0.25, -0.2) is 4.79 Å². The van der Waals surface area contributed by atoms with Gasteiger partial charge in [0.25, 0.3) is 0 Å². The minimum absolute atomic E-state index is 0.00524. The molecule has 1 aromatic rings. The summed E-state index contributed by atoms with van der Waals surface area (Å²) in [5.41, 5.74) is 5.90. The first kappa shape index (κ1) is 29.2. The summed E-state index contributed by atoms with van der Waals surface area (Å²) in [5, 5.41) is 7.21. The molecule has 1 rings (SSSR count). The number of alkyl carbamates (subject to hydrolysis) is 1. The number of carbonyl (C=O) groups is 5. The number of nitrogens with two attached hydrogens (primary N) is 1. The van der Waals surface area contributed by atoms with Gasteiger partial charge in [0.2, 0.25) is 17.7 Å². The number of primary amides is 1. The number of esters is 1. The molecule has 0 bridgehead atoms. The van der Waals surface area contributed by atoms with Gasteiger partial charge in [0.15, 0.2) is 0 Å². The zero-order valence-electron chi connectivity index (χ0n) is 20.4. The van der Waals surface area contributed by atoms with Crippen LogP contribution in [0, 0.1) is 5.92 Å². The molecule has 0 fully saturated rings. The van der Waals surface area contributed by atoms with Crippen molar-refractivity contribution in [1.82, 2.24) is 16.0 Å². The minimum Gasteiger partial charge on any atom is -0.497 e. The van der Waals surface area contributed by atoms with E-state index in [-0.39, 0.29) is 32.1 Å². The fraction of sp³-hybridized carbons (Fsp3) is 0.522. The predicted molar refractivity (Wildman–Crippen MR) is 125 cm³/mol. The molecule has 0 heterocycles. The lowest BCUT2D eigenvalue weighted by atomic mass is 10.0. The van der Waals surface area contributed by atoms with E-state index in [9.17, 15) is 24.0 Å². The highest BCUT2D eigenvalue weighted by molar-refractivity contribution is 5.94. The molecule has 194 valence electrons. The highest BCUT2D eigenvalue weighted by atomic mass is 16.5. The summed E-state index contributed by atoms with van der Waals surface area (Å²) in [6.07, 6.45) is -1.22. The van der Waals surface area contributed by atoms with Gasteiger partial charge in [0.05, 0.1) is 20.1 Å². The molecule has 0 spiro atoms. The molecular formula is C23H34N4O8. The minimum atomic E-state index is -1.37. The van der Waals surface area contributed by atoms with E-state index < -0.39 is 48.3 Å². The molecule has 0 aliphatic rings. The number of methoxy groups -OCH3 is 1. The molecule has 12 nitrogen and oxygen atoms in total. The van der Waals surface area contributed by atoms with Gasteiger partial charge in [0.1, 0.15) is 31.0 Å². The molecule has 2 unspecified atom stereocenters. The lowest BCUT2D eigenvalue weighted by molar-refractivity contribution is -0.143. The van der Waals surface area contributed by atoms with Crippen molar-refractivity contribution in [3.63, 3.8) is 0 Å². The third-order valence-corrected chi connectivity index (χ3v) is 4.60. The number of hydrogen-bond acceptors (Lipinski definition) is 8. The van der Waals surface area contributed by atoms with Gasteiger partial charge in [-0.05, 0) is 37.0 Å². The lowest BCUT2D eigenvalue weighted by Gasteiger charge is -2.23. The first-order chi connectivity index (χ1) is 16.5. The third kappa shape index (κ3) is 11.7. The van der Waals surface area contributed by atoms with Crippen LogP contribution in [-0.2, 0) is 35.3 Å². The molecule has 0 aromatic heterocycles. The quantitative estimate of drug-likeness (QED) is 0.268. The monoisotopic (exact) mass is 494 g/mol. The Balaban J connectivity index is 2.78. The van der Waals surface area contributed by atoms with Crippen LogP contribution < -0.4 is 26.4 Å². The molecule has 2 atom stereocenters. The average molecular weight is 495 g/mol. The molecule has 4 amide bonds. The molecule has 0 aliphatic heterocycles. The van der Waals surface area contributed by atoms with E-state index >= 15 is 0 Å². The molecule has 12 heteroatoms. The van der Waals surface area contributed by atoms with Gasteiger partial charge in [-0.1, -0.05) is 26.0 Å². The molecule has 0 radical (unpaired) electrons. The van der Waals surface area contributed by atoms with Crippen LogP contribution in [0.3, 0.4) is 0 Å². The lowest BCUT2D eigenvalue weighted by Crippen LogP contribution is -2.55. The van der Waals surface area contributed by atoms with Crippen LogP contribution in [0.5, 0.6) is 5.75 Å². The Labute approximate surface area is 204 Å². The molecule has 0 saturated carbocycles. The fourth-order valence-electron chi connectivity index (χ4n) is 2.93. The molecule has 0 aliphatic carbocycles. The zero-order valence-corrected chi connectivity index (χ0v) is 20.4. The van der Waals surface area contributed by atoms with Crippen molar-refractivity contribution >= 4 is 29.8 Å². The highest BCUT2D eigenvalue weighted by Crippen LogP contribution is 2.12.